The molecule has 0 N–H and O–H groups in total. The Labute approximate surface area is 108 Å². The van der Waals surface area contributed by atoms with Crippen molar-refractivity contribution < 1.29 is 14.3 Å². The summed E-state index contributed by atoms with van der Waals surface area (Å²) in [5, 5.41) is 0. The summed E-state index contributed by atoms with van der Waals surface area (Å²) >= 11 is 0. The molecule has 0 spiro atoms. The predicted molar refractivity (Wildman–Crippen MR) is 67.1 cm³/mol. The fraction of sp³-hybridized carbons (Fsp3) is 0.846. The summed E-state index contributed by atoms with van der Waals surface area (Å²) in [4.78, 5) is 27.5. The number of rotatable bonds is 1. The summed E-state index contributed by atoms with van der Waals surface area (Å²) in [5.41, 5.74) is 0. The number of ether oxygens (including phenoxy) is 1. The van der Waals surface area contributed by atoms with Crippen molar-refractivity contribution in [2.75, 3.05) is 33.3 Å². The number of hydrogen-bond acceptors (Lipinski definition) is 3. The monoisotopic (exact) mass is 254 g/mol. The van der Waals surface area contributed by atoms with Crippen LogP contribution in [0.5, 0.6) is 0 Å². The van der Waals surface area contributed by atoms with E-state index in [4.69, 9.17) is 4.74 Å². The van der Waals surface area contributed by atoms with Crippen molar-refractivity contribution in [1.29, 1.82) is 0 Å². The van der Waals surface area contributed by atoms with E-state index in [1.807, 2.05) is 4.90 Å². The molecule has 0 radical (unpaired) electrons. The third kappa shape index (κ3) is 2.94. The first-order valence-electron chi connectivity index (χ1n) is 6.84. The number of nitrogens with zero attached hydrogens (tertiary/aromatic N) is 2. The van der Waals surface area contributed by atoms with Gasteiger partial charge in [-0.05, 0) is 32.1 Å². The van der Waals surface area contributed by atoms with Gasteiger partial charge in [0.2, 0.25) is 5.91 Å². The Morgan fingerprint density at radius 2 is 1.67 bits per heavy atom. The first-order chi connectivity index (χ1) is 8.72. The average Bonchev–Trinajstić information content (AvgIpc) is 2.46. The molecule has 2 aliphatic heterocycles. The van der Waals surface area contributed by atoms with Crippen LogP contribution in [0.25, 0.3) is 0 Å². The zero-order valence-corrected chi connectivity index (χ0v) is 11.1. The Hall–Kier alpha value is -1.26. The molecule has 5 heteroatoms. The van der Waals surface area contributed by atoms with E-state index in [-0.39, 0.29) is 17.9 Å². The van der Waals surface area contributed by atoms with Crippen LogP contribution in [0.4, 0.5) is 4.79 Å². The van der Waals surface area contributed by atoms with Gasteiger partial charge in [-0.3, -0.25) is 4.79 Å². The van der Waals surface area contributed by atoms with Crippen molar-refractivity contribution in [3.8, 4) is 0 Å². The van der Waals surface area contributed by atoms with Gasteiger partial charge in [0, 0.05) is 26.2 Å². The zero-order valence-electron chi connectivity index (χ0n) is 11.1. The number of piperidine rings is 2. The van der Waals surface area contributed by atoms with Crippen molar-refractivity contribution in [2.24, 2.45) is 5.92 Å². The molecule has 0 aromatic rings. The molecule has 0 aliphatic carbocycles. The molecule has 0 saturated carbocycles. The van der Waals surface area contributed by atoms with E-state index in [1.165, 1.54) is 13.5 Å². The minimum atomic E-state index is -0.314. The van der Waals surface area contributed by atoms with E-state index in [9.17, 15) is 9.59 Å². The van der Waals surface area contributed by atoms with E-state index < -0.39 is 0 Å². The first kappa shape index (κ1) is 13.2. The summed E-state index contributed by atoms with van der Waals surface area (Å²) in [7, 11) is 1.39. The van der Waals surface area contributed by atoms with Gasteiger partial charge in [-0.2, -0.15) is 0 Å². The molecule has 2 amide bonds. The topological polar surface area (TPSA) is 49.9 Å². The molecule has 2 fully saturated rings. The normalized spacial score (nSPS) is 24.8. The van der Waals surface area contributed by atoms with E-state index in [0.29, 0.717) is 13.1 Å². The van der Waals surface area contributed by atoms with Crippen molar-refractivity contribution in [3.05, 3.63) is 0 Å². The summed E-state index contributed by atoms with van der Waals surface area (Å²) < 4.78 is 4.73. The summed E-state index contributed by atoms with van der Waals surface area (Å²) in [6.07, 6.45) is 4.91. The molecule has 18 heavy (non-hydrogen) atoms. The largest absolute Gasteiger partial charge is 0.453 e. The smallest absolute Gasteiger partial charge is 0.409 e. The van der Waals surface area contributed by atoms with E-state index >= 15 is 0 Å². The average molecular weight is 254 g/mol. The molecule has 2 saturated heterocycles. The Morgan fingerprint density at radius 1 is 1.00 bits per heavy atom. The molecule has 0 aromatic heterocycles. The van der Waals surface area contributed by atoms with Crippen LogP contribution in [-0.4, -0.2) is 55.1 Å². The van der Waals surface area contributed by atoms with Gasteiger partial charge >= 0.3 is 6.09 Å². The van der Waals surface area contributed by atoms with Gasteiger partial charge in [0.25, 0.3) is 0 Å². The summed E-state index contributed by atoms with van der Waals surface area (Å²) in [6, 6.07) is 0. The van der Waals surface area contributed by atoms with Gasteiger partial charge in [0.05, 0.1) is 13.0 Å². The summed E-state index contributed by atoms with van der Waals surface area (Å²) in [5.74, 6) is 0.194. The third-order valence-electron chi connectivity index (χ3n) is 3.87. The van der Waals surface area contributed by atoms with Crippen molar-refractivity contribution in [1.82, 2.24) is 9.80 Å². The molecule has 0 aromatic carbocycles. The second-order valence-electron chi connectivity index (χ2n) is 5.14. The minimum absolute atomic E-state index is 0.0315. The van der Waals surface area contributed by atoms with Crippen molar-refractivity contribution >= 4 is 12.0 Å². The second kappa shape index (κ2) is 6.07. The Bertz CT molecular complexity index is 313. The van der Waals surface area contributed by atoms with Gasteiger partial charge < -0.3 is 14.5 Å². The minimum Gasteiger partial charge on any atom is -0.453 e. The SMILES string of the molecule is COC(=O)N1CCCC(C(=O)N2CCCCC2)C1. The standard InChI is InChI=1S/C13H22N2O3/c1-18-13(17)15-9-5-6-11(10-15)12(16)14-7-3-2-4-8-14/h11H,2-10H2,1H3. The van der Waals surface area contributed by atoms with Crippen LogP contribution in [0.15, 0.2) is 0 Å². The molecular weight excluding hydrogens is 232 g/mol. The van der Waals surface area contributed by atoms with Crippen LogP contribution in [0.1, 0.15) is 32.1 Å². The zero-order chi connectivity index (χ0) is 13.0. The lowest BCUT2D eigenvalue weighted by Crippen LogP contribution is -2.47. The molecule has 2 aliphatic rings. The molecule has 2 heterocycles. The second-order valence-corrected chi connectivity index (χ2v) is 5.14. The molecule has 102 valence electrons. The molecule has 1 atom stereocenters. The van der Waals surface area contributed by atoms with Crippen LogP contribution in [0, 0.1) is 5.92 Å². The van der Waals surface area contributed by atoms with E-state index in [2.05, 4.69) is 0 Å². The highest BCUT2D eigenvalue weighted by Crippen LogP contribution is 2.21. The maximum atomic E-state index is 12.4. The number of methoxy groups -OCH3 is 1. The number of amides is 2. The molecule has 5 nitrogen and oxygen atoms in total. The lowest BCUT2D eigenvalue weighted by atomic mass is 9.96. The van der Waals surface area contributed by atoms with Crippen LogP contribution >= 0.6 is 0 Å². The maximum Gasteiger partial charge on any atom is 0.409 e. The van der Waals surface area contributed by atoms with Crippen molar-refractivity contribution in [2.45, 2.75) is 32.1 Å². The number of carbonyl (C=O) groups excluding carboxylic acids is 2. The fourth-order valence-electron chi connectivity index (χ4n) is 2.85. The molecule has 0 bridgehead atoms. The molecule has 1 unspecified atom stereocenters. The number of hydrogen-bond donors (Lipinski definition) is 0. The van der Waals surface area contributed by atoms with Crippen molar-refractivity contribution in [3.63, 3.8) is 0 Å². The van der Waals surface area contributed by atoms with Gasteiger partial charge in [-0.1, -0.05) is 0 Å². The first-order valence-corrected chi connectivity index (χ1v) is 6.84. The molecular formula is C13H22N2O3. The van der Waals surface area contributed by atoms with Crippen LogP contribution < -0.4 is 0 Å². The fourth-order valence-corrected chi connectivity index (χ4v) is 2.85. The quantitative estimate of drug-likeness (QED) is 0.712. The van der Waals surface area contributed by atoms with E-state index in [0.717, 1.165) is 38.8 Å². The highest BCUT2D eigenvalue weighted by atomic mass is 16.5. The Kier molecular flexibility index (Phi) is 4.44. The maximum absolute atomic E-state index is 12.4. The lowest BCUT2D eigenvalue weighted by molar-refractivity contribution is -0.137. The van der Waals surface area contributed by atoms with Crippen LogP contribution in [-0.2, 0) is 9.53 Å². The third-order valence-corrected chi connectivity index (χ3v) is 3.87. The van der Waals surface area contributed by atoms with Crippen LogP contribution in [0.3, 0.4) is 0 Å². The summed E-state index contributed by atoms with van der Waals surface area (Å²) in [6.45, 7) is 2.99. The van der Waals surface area contributed by atoms with Gasteiger partial charge in [-0.15, -0.1) is 0 Å². The Morgan fingerprint density at radius 3 is 2.33 bits per heavy atom. The number of carbonyl (C=O) groups is 2. The van der Waals surface area contributed by atoms with Crippen LogP contribution in [0.2, 0.25) is 0 Å². The highest BCUT2D eigenvalue weighted by molar-refractivity contribution is 5.80. The number of likely N-dealkylation sites (tertiary alicyclic amines) is 2. The van der Waals surface area contributed by atoms with Gasteiger partial charge in [0.15, 0.2) is 0 Å². The Balaban J connectivity index is 1.91. The molecule has 2 rings (SSSR count). The lowest BCUT2D eigenvalue weighted by Gasteiger charge is -2.35. The van der Waals surface area contributed by atoms with Gasteiger partial charge in [-0.25, -0.2) is 4.79 Å². The van der Waals surface area contributed by atoms with Gasteiger partial charge in [0.1, 0.15) is 0 Å². The van der Waals surface area contributed by atoms with E-state index in [1.54, 1.807) is 4.90 Å². The predicted octanol–water partition coefficient (Wildman–Crippen LogP) is 1.48. The highest BCUT2D eigenvalue weighted by Gasteiger charge is 2.31.